The molecule has 4 rings (SSSR count). The van der Waals surface area contributed by atoms with Crippen molar-refractivity contribution >= 4 is 32.2 Å². The molecule has 7 nitrogen and oxygen atoms in total. The lowest BCUT2D eigenvalue weighted by atomic mass is 9.95. The Labute approximate surface area is 216 Å². The fourth-order valence-electron chi connectivity index (χ4n) is 4.86. The second-order valence-corrected chi connectivity index (χ2v) is 12.8. The zero-order chi connectivity index (χ0) is 26.2. The fraction of sp³-hybridized carbons (Fsp3) is 0.370. The van der Waals surface area contributed by atoms with Crippen LogP contribution in [0, 0.1) is 24.2 Å². The summed E-state index contributed by atoms with van der Waals surface area (Å²) in [5.41, 5.74) is 4.72. The zero-order valence-electron chi connectivity index (χ0n) is 21.1. The second kappa shape index (κ2) is 10.1. The summed E-state index contributed by atoms with van der Waals surface area (Å²) in [5, 5.41) is 12.7. The summed E-state index contributed by atoms with van der Waals surface area (Å²) >= 11 is 1.51. The third-order valence-electron chi connectivity index (χ3n) is 6.63. The van der Waals surface area contributed by atoms with E-state index in [-0.39, 0.29) is 29.3 Å². The van der Waals surface area contributed by atoms with Crippen molar-refractivity contribution in [2.75, 3.05) is 11.6 Å². The van der Waals surface area contributed by atoms with Gasteiger partial charge in [-0.1, -0.05) is 32.0 Å². The molecule has 2 heterocycles. The molecule has 36 heavy (non-hydrogen) atoms. The van der Waals surface area contributed by atoms with E-state index in [1.54, 1.807) is 12.1 Å². The van der Waals surface area contributed by atoms with Gasteiger partial charge in [-0.2, -0.15) is 5.26 Å². The van der Waals surface area contributed by atoms with Crippen molar-refractivity contribution in [3.8, 4) is 6.07 Å². The first kappa shape index (κ1) is 26.0. The molecule has 3 aromatic rings. The molecule has 188 valence electrons. The van der Waals surface area contributed by atoms with Gasteiger partial charge in [-0.25, -0.2) is 13.4 Å². The van der Waals surface area contributed by atoms with E-state index in [2.05, 4.69) is 37.1 Å². The summed E-state index contributed by atoms with van der Waals surface area (Å²) in [6, 6.07) is 14.7. The number of sulfone groups is 1. The SMILES string of the molecule is Cc1cc(C#N)ccc1[C@@H](C)N1Cc2sc(NC(=O)Cc3ccc(S(C)(=O)=O)cc3)nc2[C@@H]1C(C)C. The molecule has 0 saturated carbocycles. The van der Waals surface area contributed by atoms with E-state index in [0.717, 1.165) is 34.5 Å². The lowest BCUT2D eigenvalue weighted by Crippen LogP contribution is -2.29. The van der Waals surface area contributed by atoms with E-state index in [9.17, 15) is 18.5 Å². The summed E-state index contributed by atoms with van der Waals surface area (Å²) in [4.78, 5) is 21.3. The van der Waals surface area contributed by atoms with Gasteiger partial charge in [-0.15, -0.1) is 11.3 Å². The predicted molar refractivity (Wildman–Crippen MR) is 141 cm³/mol. The van der Waals surface area contributed by atoms with Crippen LogP contribution in [0.3, 0.4) is 0 Å². The molecular formula is C27H30N4O3S2. The average molecular weight is 523 g/mol. The number of aryl methyl sites for hydroxylation is 1. The van der Waals surface area contributed by atoms with Gasteiger partial charge in [0.25, 0.3) is 0 Å². The number of fused-ring (bicyclic) bond motifs is 1. The molecule has 9 heteroatoms. The number of carbonyl (C=O) groups excluding carboxylic acids is 1. The number of hydrogen-bond donors (Lipinski definition) is 1. The normalized spacial score (nSPS) is 16.5. The summed E-state index contributed by atoms with van der Waals surface area (Å²) < 4.78 is 23.3. The topological polar surface area (TPSA) is 103 Å². The monoisotopic (exact) mass is 522 g/mol. The Morgan fingerprint density at radius 2 is 1.92 bits per heavy atom. The number of carbonyl (C=O) groups is 1. The molecule has 2 aromatic carbocycles. The van der Waals surface area contributed by atoms with Crippen LogP contribution in [-0.4, -0.2) is 30.5 Å². The Bertz CT molecular complexity index is 1440. The van der Waals surface area contributed by atoms with Crippen molar-refractivity contribution in [2.45, 2.75) is 57.6 Å². The van der Waals surface area contributed by atoms with Crippen LogP contribution in [0.25, 0.3) is 0 Å². The third-order valence-corrected chi connectivity index (χ3v) is 8.73. The quantitative estimate of drug-likeness (QED) is 0.459. The molecule has 0 aliphatic carbocycles. The molecule has 0 bridgehead atoms. The molecule has 1 N–H and O–H groups in total. The first-order valence-corrected chi connectivity index (χ1v) is 14.5. The minimum Gasteiger partial charge on any atom is -0.302 e. The maximum Gasteiger partial charge on any atom is 0.230 e. The molecule has 1 aliphatic rings. The number of amides is 1. The molecule has 1 aromatic heterocycles. The van der Waals surface area contributed by atoms with Gasteiger partial charge in [0.05, 0.1) is 34.7 Å². The van der Waals surface area contributed by atoms with E-state index in [1.807, 2.05) is 25.1 Å². The molecule has 0 unspecified atom stereocenters. The highest BCUT2D eigenvalue weighted by Crippen LogP contribution is 2.46. The number of hydrogen-bond acceptors (Lipinski definition) is 7. The van der Waals surface area contributed by atoms with Crippen molar-refractivity contribution < 1.29 is 13.2 Å². The zero-order valence-corrected chi connectivity index (χ0v) is 22.7. The van der Waals surface area contributed by atoms with Crippen molar-refractivity contribution in [1.82, 2.24) is 9.88 Å². The van der Waals surface area contributed by atoms with Gasteiger partial charge in [0.2, 0.25) is 5.91 Å². The lowest BCUT2D eigenvalue weighted by molar-refractivity contribution is -0.115. The van der Waals surface area contributed by atoms with E-state index in [4.69, 9.17) is 4.98 Å². The first-order valence-electron chi connectivity index (χ1n) is 11.8. The van der Waals surface area contributed by atoms with Gasteiger partial charge < -0.3 is 5.32 Å². The first-order chi connectivity index (χ1) is 17.0. The molecule has 0 radical (unpaired) electrons. The highest BCUT2D eigenvalue weighted by atomic mass is 32.2. The van der Waals surface area contributed by atoms with Crippen LogP contribution in [-0.2, 0) is 27.6 Å². The molecular weight excluding hydrogens is 492 g/mol. The fourth-order valence-corrected chi connectivity index (χ4v) is 6.51. The Hall–Kier alpha value is -3.06. The molecule has 2 atom stereocenters. The van der Waals surface area contributed by atoms with Crippen LogP contribution in [0.1, 0.15) is 65.7 Å². The van der Waals surface area contributed by atoms with Crippen LogP contribution in [0.15, 0.2) is 47.4 Å². The van der Waals surface area contributed by atoms with Crippen LogP contribution in [0.4, 0.5) is 5.13 Å². The van der Waals surface area contributed by atoms with Crippen LogP contribution < -0.4 is 5.32 Å². The summed E-state index contributed by atoms with van der Waals surface area (Å²) in [5.74, 6) is 0.139. The molecule has 1 aliphatic heterocycles. The number of thiazole rings is 1. The summed E-state index contributed by atoms with van der Waals surface area (Å²) in [6.45, 7) is 9.35. The highest BCUT2D eigenvalue weighted by molar-refractivity contribution is 7.90. The second-order valence-electron chi connectivity index (χ2n) is 9.69. The highest BCUT2D eigenvalue weighted by Gasteiger charge is 2.39. The number of nitrogens with zero attached hydrogens (tertiary/aromatic N) is 3. The van der Waals surface area contributed by atoms with Gasteiger partial charge >= 0.3 is 0 Å². The predicted octanol–water partition coefficient (Wildman–Crippen LogP) is 5.18. The van der Waals surface area contributed by atoms with Crippen molar-refractivity contribution in [2.24, 2.45) is 5.92 Å². The number of nitriles is 1. The van der Waals surface area contributed by atoms with Crippen LogP contribution in [0.2, 0.25) is 0 Å². The average Bonchev–Trinajstić information content (AvgIpc) is 3.35. The van der Waals surface area contributed by atoms with E-state index < -0.39 is 9.84 Å². The summed E-state index contributed by atoms with van der Waals surface area (Å²) in [6.07, 6.45) is 1.30. The number of anilines is 1. The number of rotatable bonds is 7. The number of benzene rings is 2. The van der Waals surface area contributed by atoms with E-state index in [0.29, 0.717) is 16.6 Å². The van der Waals surface area contributed by atoms with E-state index >= 15 is 0 Å². The smallest absolute Gasteiger partial charge is 0.230 e. The van der Waals surface area contributed by atoms with Gasteiger partial charge in [-0.3, -0.25) is 9.69 Å². The molecule has 0 fully saturated rings. The standard InChI is InChI=1S/C27H30N4O3S2/c1-16(2)26-25-23(15-31(26)18(4)22-11-8-20(14-28)12-17(22)3)35-27(30-25)29-24(32)13-19-6-9-21(10-7-19)36(5,33)34/h6-12,16,18,26H,13,15H2,1-5H3,(H,29,30,32)/t18-,26+/m1/s1. The maximum absolute atomic E-state index is 12.7. The largest absolute Gasteiger partial charge is 0.302 e. The van der Waals surface area contributed by atoms with Crippen LogP contribution in [0.5, 0.6) is 0 Å². The van der Waals surface area contributed by atoms with E-state index in [1.165, 1.54) is 29.0 Å². The van der Waals surface area contributed by atoms with Gasteiger partial charge in [0.15, 0.2) is 15.0 Å². The van der Waals surface area contributed by atoms with Gasteiger partial charge in [0, 0.05) is 23.7 Å². The van der Waals surface area contributed by atoms with Crippen molar-refractivity contribution in [3.63, 3.8) is 0 Å². The summed E-state index contributed by atoms with van der Waals surface area (Å²) in [7, 11) is -3.27. The molecule has 0 spiro atoms. The van der Waals surface area contributed by atoms with Crippen LogP contribution >= 0.6 is 11.3 Å². The maximum atomic E-state index is 12.7. The van der Waals surface area contributed by atoms with Gasteiger partial charge in [-0.05, 0) is 60.7 Å². The Morgan fingerprint density at radius 3 is 2.50 bits per heavy atom. The van der Waals surface area contributed by atoms with Crippen molar-refractivity contribution in [3.05, 3.63) is 75.3 Å². The number of aromatic nitrogens is 1. The Kier molecular flexibility index (Phi) is 7.32. The minimum absolute atomic E-state index is 0.121. The Balaban J connectivity index is 1.48. The molecule has 0 saturated heterocycles. The van der Waals surface area contributed by atoms with Crippen molar-refractivity contribution in [1.29, 1.82) is 5.26 Å². The lowest BCUT2D eigenvalue weighted by Gasteiger charge is -2.34. The Morgan fingerprint density at radius 1 is 1.22 bits per heavy atom. The third kappa shape index (κ3) is 5.36. The number of nitrogens with one attached hydrogen (secondary N) is 1. The molecule has 1 amide bonds. The van der Waals surface area contributed by atoms with Gasteiger partial charge in [0.1, 0.15) is 0 Å². The minimum atomic E-state index is -3.27.